The standard InChI is InChI=1S/C23H29N3O3/c1-17-6-3-4-9-21(17)23(28)24-15-22(27)25-19-10-12-26(13-11-19)16-18-7-5-8-20(14-18)29-2/h3-9,14,19H,10-13,15-16H2,1-2H3,(H,24,28)(H,25,27). The molecular weight excluding hydrogens is 366 g/mol. The molecule has 1 fully saturated rings. The van der Waals surface area contributed by atoms with Gasteiger partial charge in [-0.2, -0.15) is 0 Å². The molecular formula is C23H29N3O3. The highest BCUT2D eigenvalue weighted by Gasteiger charge is 2.21. The minimum atomic E-state index is -0.216. The predicted molar refractivity (Wildman–Crippen MR) is 113 cm³/mol. The number of aryl methyl sites for hydroxylation is 1. The van der Waals surface area contributed by atoms with Gasteiger partial charge in [0.05, 0.1) is 13.7 Å². The third-order valence-electron chi connectivity index (χ3n) is 5.29. The van der Waals surface area contributed by atoms with Crippen molar-refractivity contribution in [2.45, 2.75) is 32.4 Å². The first-order valence-corrected chi connectivity index (χ1v) is 10.0. The van der Waals surface area contributed by atoms with Gasteiger partial charge in [0.1, 0.15) is 5.75 Å². The van der Waals surface area contributed by atoms with Gasteiger partial charge in [-0.25, -0.2) is 0 Å². The van der Waals surface area contributed by atoms with Crippen LogP contribution in [-0.2, 0) is 11.3 Å². The fraction of sp³-hybridized carbons (Fsp3) is 0.391. The van der Waals surface area contributed by atoms with Gasteiger partial charge in [-0.15, -0.1) is 0 Å². The van der Waals surface area contributed by atoms with Crippen molar-refractivity contribution in [2.24, 2.45) is 0 Å². The second-order valence-electron chi connectivity index (χ2n) is 7.47. The Balaban J connectivity index is 1.39. The first-order valence-electron chi connectivity index (χ1n) is 10.0. The highest BCUT2D eigenvalue weighted by atomic mass is 16.5. The first-order chi connectivity index (χ1) is 14.0. The molecule has 2 aromatic carbocycles. The average molecular weight is 396 g/mol. The highest BCUT2D eigenvalue weighted by molar-refractivity contribution is 5.97. The number of ether oxygens (including phenoxy) is 1. The van der Waals surface area contributed by atoms with E-state index in [-0.39, 0.29) is 24.4 Å². The second-order valence-corrected chi connectivity index (χ2v) is 7.47. The SMILES string of the molecule is COc1cccc(CN2CCC(NC(=O)CNC(=O)c3ccccc3C)CC2)c1. The van der Waals surface area contributed by atoms with Gasteiger partial charge in [-0.3, -0.25) is 14.5 Å². The Morgan fingerprint density at radius 1 is 1.10 bits per heavy atom. The third kappa shape index (κ3) is 6.06. The van der Waals surface area contributed by atoms with Gasteiger partial charge in [0, 0.05) is 31.2 Å². The molecule has 1 heterocycles. The predicted octanol–water partition coefficient (Wildman–Crippen LogP) is 2.51. The summed E-state index contributed by atoms with van der Waals surface area (Å²) in [7, 11) is 1.68. The van der Waals surface area contributed by atoms with Gasteiger partial charge in [-0.1, -0.05) is 30.3 Å². The summed E-state index contributed by atoms with van der Waals surface area (Å²) < 4.78 is 5.28. The smallest absolute Gasteiger partial charge is 0.251 e. The van der Waals surface area contributed by atoms with Crippen LogP contribution in [0.3, 0.4) is 0 Å². The van der Waals surface area contributed by atoms with Gasteiger partial charge in [0.2, 0.25) is 5.91 Å². The Hall–Kier alpha value is -2.86. The highest BCUT2D eigenvalue weighted by Crippen LogP contribution is 2.17. The molecule has 2 amide bonds. The van der Waals surface area contributed by atoms with E-state index in [2.05, 4.69) is 27.7 Å². The molecule has 6 heteroatoms. The number of piperidine rings is 1. The minimum Gasteiger partial charge on any atom is -0.497 e. The van der Waals surface area contributed by atoms with Crippen molar-refractivity contribution in [3.63, 3.8) is 0 Å². The zero-order chi connectivity index (χ0) is 20.6. The van der Waals surface area contributed by atoms with Crippen LogP contribution < -0.4 is 15.4 Å². The monoisotopic (exact) mass is 395 g/mol. The maximum absolute atomic E-state index is 12.2. The lowest BCUT2D eigenvalue weighted by molar-refractivity contribution is -0.121. The van der Waals surface area contributed by atoms with E-state index in [1.165, 1.54) is 5.56 Å². The van der Waals surface area contributed by atoms with Crippen LogP contribution in [0.1, 0.15) is 34.3 Å². The molecule has 0 atom stereocenters. The molecule has 2 N–H and O–H groups in total. The molecule has 29 heavy (non-hydrogen) atoms. The van der Waals surface area contributed by atoms with Gasteiger partial charge >= 0.3 is 0 Å². The van der Waals surface area contributed by atoms with Gasteiger partial charge < -0.3 is 15.4 Å². The molecule has 0 unspecified atom stereocenters. The Labute approximate surface area is 172 Å². The van der Waals surface area contributed by atoms with Crippen molar-refractivity contribution < 1.29 is 14.3 Å². The number of hydrogen-bond donors (Lipinski definition) is 2. The van der Waals surface area contributed by atoms with E-state index >= 15 is 0 Å². The van der Waals surface area contributed by atoms with E-state index in [9.17, 15) is 9.59 Å². The minimum absolute atomic E-state index is 0.00279. The van der Waals surface area contributed by atoms with E-state index in [1.54, 1.807) is 13.2 Å². The molecule has 1 aliphatic heterocycles. The van der Waals surface area contributed by atoms with E-state index < -0.39 is 0 Å². The number of nitrogens with one attached hydrogen (secondary N) is 2. The van der Waals surface area contributed by atoms with Crippen LogP contribution in [0.2, 0.25) is 0 Å². The molecule has 0 bridgehead atoms. The summed E-state index contributed by atoms with van der Waals surface area (Å²) in [6.07, 6.45) is 1.81. The van der Waals surface area contributed by atoms with Crippen LogP contribution in [-0.4, -0.2) is 49.5 Å². The molecule has 0 spiro atoms. The number of likely N-dealkylation sites (tertiary alicyclic amines) is 1. The van der Waals surface area contributed by atoms with Gasteiger partial charge in [0.25, 0.3) is 5.91 Å². The number of nitrogens with zero attached hydrogens (tertiary/aromatic N) is 1. The van der Waals surface area contributed by atoms with Crippen molar-refractivity contribution in [2.75, 3.05) is 26.7 Å². The fourth-order valence-electron chi connectivity index (χ4n) is 3.63. The van der Waals surface area contributed by atoms with Gasteiger partial charge in [0.15, 0.2) is 0 Å². The average Bonchev–Trinajstić information content (AvgIpc) is 2.74. The lowest BCUT2D eigenvalue weighted by Gasteiger charge is -2.32. The number of methoxy groups -OCH3 is 1. The molecule has 0 radical (unpaired) electrons. The van der Waals surface area contributed by atoms with Crippen LogP contribution in [0, 0.1) is 6.92 Å². The van der Waals surface area contributed by atoms with Crippen LogP contribution in [0.5, 0.6) is 5.75 Å². The maximum atomic E-state index is 12.2. The quantitative estimate of drug-likeness (QED) is 0.756. The van der Waals surface area contributed by atoms with Crippen molar-refractivity contribution in [3.05, 3.63) is 65.2 Å². The molecule has 2 aromatic rings. The summed E-state index contributed by atoms with van der Waals surface area (Å²) in [4.78, 5) is 26.8. The first kappa shape index (κ1) is 20.9. The largest absolute Gasteiger partial charge is 0.497 e. The number of carbonyl (C=O) groups excluding carboxylic acids is 2. The molecule has 0 aliphatic carbocycles. The maximum Gasteiger partial charge on any atom is 0.251 e. The zero-order valence-corrected chi connectivity index (χ0v) is 17.1. The van der Waals surface area contributed by atoms with Crippen LogP contribution in [0.4, 0.5) is 0 Å². The molecule has 1 saturated heterocycles. The summed E-state index contributed by atoms with van der Waals surface area (Å²) in [5, 5.41) is 5.75. The number of carbonyl (C=O) groups is 2. The van der Waals surface area contributed by atoms with Crippen molar-refractivity contribution in [1.29, 1.82) is 0 Å². The van der Waals surface area contributed by atoms with Crippen LogP contribution >= 0.6 is 0 Å². The lowest BCUT2D eigenvalue weighted by atomic mass is 10.0. The number of rotatable bonds is 7. The zero-order valence-electron chi connectivity index (χ0n) is 17.1. The normalized spacial score (nSPS) is 15.0. The van der Waals surface area contributed by atoms with Crippen molar-refractivity contribution in [1.82, 2.24) is 15.5 Å². The molecule has 0 saturated carbocycles. The number of benzene rings is 2. The molecule has 3 rings (SSSR count). The number of hydrogen-bond acceptors (Lipinski definition) is 4. The third-order valence-corrected chi connectivity index (χ3v) is 5.29. The summed E-state index contributed by atoms with van der Waals surface area (Å²) >= 11 is 0. The van der Waals surface area contributed by atoms with E-state index in [0.717, 1.165) is 43.8 Å². The Kier molecular flexibility index (Phi) is 7.25. The Bertz CT molecular complexity index is 845. The molecule has 6 nitrogen and oxygen atoms in total. The van der Waals surface area contributed by atoms with E-state index in [1.807, 2.05) is 37.3 Å². The Morgan fingerprint density at radius 3 is 2.59 bits per heavy atom. The van der Waals surface area contributed by atoms with E-state index in [0.29, 0.717) is 5.56 Å². The second kappa shape index (κ2) is 10.1. The van der Waals surface area contributed by atoms with Crippen molar-refractivity contribution in [3.8, 4) is 5.75 Å². The lowest BCUT2D eigenvalue weighted by Crippen LogP contribution is -2.47. The Morgan fingerprint density at radius 2 is 1.86 bits per heavy atom. The summed E-state index contributed by atoms with van der Waals surface area (Å²) in [6, 6.07) is 15.6. The van der Waals surface area contributed by atoms with Crippen LogP contribution in [0.15, 0.2) is 48.5 Å². The van der Waals surface area contributed by atoms with E-state index in [4.69, 9.17) is 4.74 Å². The van der Waals surface area contributed by atoms with Crippen LogP contribution in [0.25, 0.3) is 0 Å². The molecule has 0 aromatic heterocycles. The summed E-state index contributed by atoms with van der Waals surface area (Å²) in [5.41, 5.74) is 2.73. The topological polar surface area (TPSA) is 70.7 Å². The fourth-order valence-corrected chi connectivity index (χ4v) is 3.63. The van der Waals surface area contributed by atoms with Gasteiger partial charge in [-0.05, 0) is 49.1 Å². The number of amides is 2. The summed E-state index contributed by atoms with van der Waals surface area (Å²) in [6.45, 7) is 4.62. The molecule has 1 aliphatic rings. The summed E-state index contributed by atoms with van der Waals surface area (Å²) in [5.74, 6) is 0.516. The molecule has 154 valence electrons. The van der Waals surface area contributed by atoms with Crippen molar-refractivity contribution >= 4 is 11.8 Å².